The zero-order valence-electron chi connectivity index (χ0n) is 12.6. The molecular weight excluding hydrogens is 252 g/mol. The Morgan fingerprint density at radius 2 is 1.90 bits per heavy atom. The number of likely N-dealkylation sites (N-methyl/N-ethyl adjacent to an activating group) is 1. The Kier molecular flexibility index (Phi) is 3.13. The predicted octanol–water partition coefficient (Wildman–Crippen LogP) is 2.75. The summed E-state index contributed by atoms with van der Waals surface area (Å²) in [7, 11) is 7.70. The van der Waals surface area contributed by atoms with E-state index < -0.39 is 0 Å². The Morgan fingerprint density at radius 3 is 2.45 bits per heavy atom. The number of nitrogens with zero attached hydrogens (tertiary/aromatic N) is 2. The lowest BCUT2D eigenvalue weighted by Gasteiger charge is -2.24. The standard InChI is InChI=1S/C16H22N2O2/c1-17(2)16(8-9-16)11-18-10-7-12-13(18)5-6-14(19-3)15(12)20-4/h5-7,10H,8-9,11H2,1-4H3. The number of hydrogen-bond acceptors (Lipinski definition) is 3. The average Bonchev–Trinajstić information content (AvgIpc) is 3.13. The molecule has 0 radical (unpaired) electrons. The highest BCUT2D eigenvalue weighted by Crippen LogP contribution is 2.43. The molecular formula is C16H22N2O2. The molecule has 4 heteroatoms. The van der Waals surface area contributed by atoms with Crippen LogP contribution in [0.4, 0.5) is 0 Å². The zero-order valence-corrected chi connectivity index (χ0v) is 12.6. The number of fused-ring (bicyclic) bond motifs is 1. The Morgan fingerprint density at radius 1 is 1.15 bits per heavy atom. The molecule has 1 aromatic heterocycles. The number of aromatic nitrogens is 1. The molecule has 1 heterocycles. The van der Waals surface area contributed by atoms with Gasteiger partial charge in [0, 0.05) is 23.7 Å². The summed E-state index contributed by atoms with van der Waals surface area (Å²) >= 11 is 0. The number of rotatable bonds is 5. The summed E-state index contributed by atoms with van der Waals surface area (Å²) in [5, 5.41) is 1.11. The van der Waals surface area contributed by atoms with Crippen molar-refractivity contribution >= 4 is 10.9 Å². The highest BCUT2D eigenvalue weighted by molar-refractivity contribution is 5.89. The molecule has 0 atom stereocenters. The van der Waals surface area contributed by atoms with Gasteiger partial charge in [0.25, 0.3) is 0 Å². The summed E-state index contributed by atoms with van der Waals surface area (Å²) in [4.78, 5) is 2.35. The molecule has 1 aliphatic rings. The zero-order chi connectivity index (χ0) is 14.3. The first-order valence-corrected chi connectivity index (χ1v) is 6.98. The van der Waals surface area contributed by atoms with Gasteiger partial charge in [0.1, 0.15) is 0 Å². The molecule has 0 bridgehead atoms. The molecule has 108 valence electrons. The van der Waals surface area contributed by atoms with Crippen molar-refractivity contribution in [2.24, 2.45) is 0 Å². The molecule has 0 saturated heterocycles. The molecule has 1 aromatic carbocycles. The third kappa shape index (κ3) is 1.95. The molecule has 4 nitrogen and oxygen atoms in total. The molecule has 0 spiro atoms. The fraction of sp³-hybridized carbons (Fsp3) is 0.500. The van der Waals surface area contributed by atoms with Crippen molar-refractivity contribution in [1.82, 2.24) is 9.47 Å². The molecule has 0 N–H and O–H groups in total. The highest BCUT2D eigenvalue weighted by atomic mass is 16.5. The van der Waals surface area contributed by atoms with Crippen molar-refractivity contribution in [2.45, 2.75) is 24.9 Å². The van der Waals surface area contributed by atoms with Crippen LogP contribution in [0.3, 0.4) is 0 Å². The third-order valence-corrected chi connectivity index (χ3v) is 4.53. The van der Waals surface area contributed by atoms with Crippen LogP contribution in [0.2, 0.25) is 0 Å². The van der Waals surface area contributed by atoms with E-state index in [9.17, 15) is 0 Å². The maximum Gasteiger partial charge on any atom is 0.170 e. The van der Waals surface area contributed by atoms with E-state index in [1.54, 1.807) is 14.2 Å². The van der Waals surface area contributed by atoms with Crippen LogP contribution >= 0.6 is 0 Å². The van der Waals surface area contributed by atoms with Crippen molar-refractivity contribution in [1.29, 1.82) is 0 Å². The van der Waals surface area contributed by atoms with E-state index in [2.05, 4.69) is 41.9 Å². The minimum absolute atomic E-state index is 0.332. The lowest BCUT2D eigenvalue weighted by atomic mass is 10.2. The van der Waals surface area contributed by atoms with Crippen LogP contribution in [-0.2, 0) is 6.54 Å². The van der Waals surface area contributed by atoms with E-state index >= 15 is 0 Å². The first kappa shape index (κ1) is 13.3. The van der Waals surface area contributed by atoms with E-state index in [1.165, 1.54) is 18.4 Å². The Labute approximate surface area is 119 Å². The lowest BCUT2D eigenvalue weighted by Crippen LogP contribution is -2.34. The van der Waals surface area contributed by atoms with Gasteiger partial charge in [-0.05, 0) is 45.1 Å². The Bertz CT molecular complexity index is 627. The van der Waals surface area contributed by atoms with Crippen LogP contribution in [-0.4, -0.2) is 43.3 Å². The van der Waals surface area contributed by atoms with Crippen LogP contribution in [0, 0.1) is 0 Å². The minimum atomic E-state index is 0.332. The van der Waals surface area contributed by atoms with Crippen LogP contribution in [0.1, 0.15) is 12.8 Å². The topological polar surface area (TPSA) is 26.6 Å². The molecule has 20 heavy (non-hydrogen) atoms. The van der Waals surface area contributed by atoms with Gasteiger partial charge in [0.05, 0.1) is 19.7 Å². The highest BCUT2D eigenvalue weighted by Gasteiger charge is 2.45. The Hall–Kier alpha value is -1.68. The van der Waals surface area contributed by atoms with E-state index in [0.717, 1.165) is 23.4 Å². The van der Waals surface area contributed by atoms with E-state index in [1.807, 2.05) is 6.07 Å². The van der Waals surface area contributed by atoms with Gasteiger partial charge in [0.2, 0.25) is 0 Å². The fourth-order valence-corrected chi connectivity index (χ4v) is 2.94. The second-order valence-corrected chi connectivity index (χ2v) is 5.80. The molecule has 1 saturated carbocycles. The quantitative estimate of drug-likeness (QED) is 0.838. The molecule has 1 aliphatic carbocycles. The molecule has 3 rings (SSSR count). The van der Waals surface area contributed by atoms with Crippen LogP contribution < -0.4 is 9.47 Å². The molecule has 2 aromatic rings. The fourth-order valence-electron chi connectivity index (χ4n) is 2.94. The van der Waals surface area contributed by atoms with Crippen LogP contribution in [0.25, 0.3) is 10.9 Å². The van der Waals surface area contributed by atoms with Crippen LogP contribution in [0.5, 0.6) is 11.5 Å². The summed E-state index contributed by atoms with van der Waals surface area (Å²) in [5.41, 5.74) is 1.54. The molecule has 1 fully saturated rings. The van der Waals surface area contributed by atoms with Gasteiger partial charge in [-0.2, -0.15) is 0 Å². The molecule has 0 amide bonds. The van der Waals surface area contributed by atoms with Gasteiger partial charge in [-0.15, -0.1) is 0 Å². The molecule has 0 aliphatic heterocycles. The monoisotopic (exact) mass is 274 g/mol. The number of methoxy groups -OCH3 is 2. The average molecular weight is 274 g/mol. The van der Waals surface area contributed by atoms with Crippen molar-refractivity contribution < 1.29 is 9.47 Å². The number of benzene rings is 1. The van der Waals surface area contributed by atoms with E-state index in [-0.39, 0.29) is 0 Å². The summed E-state index contributed by atoms with van der Waals surface area (Å²) in [6.07, 6.45) is 4.69. The second kappa shape index (κ2) is 4.70. The van der Waals surface area contributed by atoms with Gasteiger partial charge < -0.3 is 18.9 Å². The van der Waals surface area contributed by atoms with Crippen molar-refractivity contribution in [2.75, 3.05) is 28.3 Å². The van der Waals surface area contributed by atoms with Gasteiger partial charge in [0.15, 0.2) is 11.5 Å². The number of ether oxygens (including phenoxy) is 2. The van der Waals surface area contributed by atoms with E-state index in [4.69, 9.17) is 9.47 Å². The van der Waals surface area contributed by atoms with Gasteiger partial charge in [-0.25, -0.2) is 0 Å². The normalized spacial score (nSPS) is 16.6. The van der Waals surface area contributed by atoms with Gasteiger partial charge in [-0.3, -0.25) is 0 Å². The van der Waals surface area contributed by atoms with Crippen molar-refractivity contribution in [3.05, 3.63) is 24.4 Å². The lowest BCUT2D eigenvalue weighted by molar-refractivity contribution is 0.244. The summed E-state index contributed by atoms with van der Waals surface area (Å²) in [6, 6.07) is 6.21. The summed E-state index contributed by atoms with van der Waals surface area (Å²) in [6.45, 7) is 1.03. The third-order valence-electron chi connectivity index (χ3n) is 4.53. The minimum Gasteiger partial charge on any atom is -0.493 e. The largest absolute Gasteiger partial charge is 0.493 e. The van der Waals surface area contributed by atoms with Gasteiger partial charge >= 0.3 is 0 Å². The SMILES string of the molecule is COc1ccc2c(ccn2CC2(N(C)C)CC2)c1OC. The smallest absolute Gasteiger partial charge is 0.170 e. The van der Waals surface area contributed by atoms with Crippen LogP contribution in [0.15, 0.2) is 24.4 Å². The second-order valence-electron chi connectivity index (χ2n) is 5.80. The first-order valence-electron chi connectivity index (χ1n) is 6.98. The Balaban J connectivity index is 2.02. The maximum atomic E-state index is 5.51. The van der Waals surface area contributed by atoms with Crippen molar-refractivity contribution in [3.8, 4) is 11.5 Å². The molecule has 0 unspecified atom stereocenters. The maximum absolute atomic E-state index is 5.51. The van der Waals surface area contributed by atoms with Crippen molar-refractivity contribution in [3.63, 3.8) is 0 Å². The first-order chi connectivity index (χ1) is 9.61. The summed E-state index contributed by atoms with van der Waals surface area (Å²) in [5.74, 6) is 1.60. The van der Waals surface area contributed by atoms with E-state index in [0.29, 0.717) is 5.54 Å². The van der Waals surface area contributed by atoms with Gasteiger partial charge in [-0.1, -0.05) is 0 Å². The summed E-state index contributed by atoms with van der Waals surface area (Å²) < 4.78 is 13.2. The number of hydrogen-bond donors (Lipinski definition) is 0. The predicted molar refractivity (Wildman–Crippen MR) is 80.7 cm³/mol.